The molecule has 3 aliphatic rings. The average molecular weight is 358 g/mol. The van der Waals surface area contributed by atoms with Gasteiger partial charge in [-0.15, -0.1) is 0 Å². The Kier molecular flexibility index (Phi) is 5.11. The fourth-order valence-electron chi connectivity index (χ4n) is 4.24. The molecule has 0 spiro atoms. The first-order valence-electron chi connectivity index (χ1n) is 10.1. The van der Waals surface area contributed by atoms with Crippen LogP contribution in [0.15, 0.2) is 12.4 Å². The first-order valence-corrected chi connectivity index (χ1v) is 10.1. The van der Waals surface area contributed by atoms with Gasteiger partial charge >= 0.3 is 0 Å². The molecule has 0 aromatic carbocycles. The van der Waals surface area contributed by atoms with E-state index in [1.807, 2.05) is 0 Å². The van der Waals surface area contributed by atoms with Crippen LogP contribution in [0.2, 0.25) is 0 Å². The zero-order valence-corrected chi connectivity index (χ0v) is 15.9. The van der Waals surface area contributed by atoms with Gasteiger partial charge in [-0.3, -0.25) is 4.79 Å². The molecule has 6 nitrogen and oxygen atoms in total. The summed E-state index contributed by atoms with van der Waals surface area (Å²) in [5, 5.41) is 3.35. The second-order valence-electron chi connectivity index (χ2n) is 8.39. The number of hydrogen-bond donors (Lipinski definition) is 1. The lowest BCUT2D eigenvalue weighted by molar-refractivity contribution is -0.128. The van der Waals surface area contributed by atoms with E-state index in [1.54, 1.807) is 6.33 Å². The fraction of sp³-hybridized carbons (Fsp3) is 0.750. The van der Waals surface area contributed by atoms with E-state index in [4.69, 9.17) is 4.74 Å². The number of carbonyl (C=O) groups excluding carboxylic acids is 1. The van der Waals surface area contributed by atoms with Crippen LogP contribution in [0.4, 0.5) is 5.82 Å². The summed E-state index contributed by atoms with van der Waals surface area (Å²) >= 11 is 0. The Morgan fingerprint density at radius 2 is 1.96 bits per heavy atom. The Morgan fingerprint density at radius 3 is 2.65 bits per heavy atom. The number of anilines is 1. The van der Waals surface area contributed by atoms with Crippen molar-refractivity contribution < 1.29 is 9.53 Å². The van der Waals surface area contributed by atoms with E-state index in [0.29, 0.717) is 31.0 Å². The van der Waals surface area contributed by atoms with Crippen molar-refractivity contribution in [2.75, 3.05) is 31.2 Å². The summed E-state index contributed by atoms with van der Waals surface area (Å²) in [5.74, 6) is 2.90. The van der Waals surface area contributed by atoms with Crippen molar-refractivity contribution in [3.8, 4) is 0 Å². The summed E-state index contributed by atoms with van der Waals surface area (Å²) in [5.41, 5.74) is 1.17. The molecule has 4 rings (SSSR count). The third-order valence-electron chi connectivity index (χ3n) is 6.13. The second kappa shape index (κ2) is 7.51. The van der Waals surface area contributed by atoms with E-state index in [1.165, 1.54) is 18.5 Å². The van der Waals surface area contributed by atoms with Gasteiger partial charge in [-0.05, 0) is 31.6 Å². The number of nitrogens with one attached hydrogen (secondary N) is 1. The van der Waals surface area contributed by atoms with Gasteiger partial charge in [-0.2, -0.15) is 0 Å². The largest absolute Gasteiger partial charge is 0.381 e. The van der Waals surface area contributed by atoms with Crippen molar-refractivity contribution >= 4 is 11.7 Å². The topological polar surface area (TPSA) is 67.4 Å². The molecule has 1 aliphatic carbocycles. The normalized spacial score (nSPS) is 27.1. The summed E-state index contributed by atoms with van der Waals surface area (Å²) < 4.78 is 5.39. The predicted octanol–water partition coefficient (Wildman–Crippen LogP) is 2.36. The molecule has 1 saturated carbocycles. The lowest BCUT2D eigenvalue weighted by Crippen LogP contribution is -2.45. The maximum atomic E-state index is 12.7. The minimum Gasteiger partial charge on any atom is -0.381 e. The summed E-state index contributed by atoms with van der Waals surface area (Å²) in [6.45, 7) is 7.67. The highest BCUT2D eigenvalue weighted by molar-refractivity contribution is 5.79. The summed E-state index contributed by atoms with van der Waals surface area (Å²) in [6.07, 6.45) is 5.86. The van der Waals surface area contributed by atoms with Gasteiger partial charge in [0.15, 0.2) is 0 Å². The molecule has 3 heterocycles. The Balaban J connectivity index is 1.44. The van der Waals surface area contributed by atoms with E-state index in [-0.39, 0.29) is 17.9 Å². The van der Waals surface area contributed by atoms with Gasteiger partial charge in [0.1, 0.15) is 12.1 Å². The summed E-state index contributed by atoms with van der Waals surface area (Å²) in [6, 6.07) is 2.34. The molecule has 2 aliphatic heterocycles. The minimum atomic E-state index is 0.103. The quantitative estimate of drug-likeness (QED) is 0.875. The maximum Gasteiger partial charge on any atom is 0.223 e. The lowest BCUT2D eigenvalue weighted by atomic mass is 9.90. The van der Waals surface area contributed by atoms with Gasteiger partial charge in [0, 0.05) is 55.8 Å². The van der Waals surface area contributed by atoms with Gasteiger partial charge in [0.05, 0.1) is 6.04 Å². The zero-order valence-electron chi connectivity index (χ0n) is 15.9. The van der Waals surface area contributed by atoms with Crippen LogP contribution >= 0.6 is 0 Å². The van der Waals surface area contributed by atoms with E-state index in [9.17, 15) is 4.79 Å². The Bertz CT molecular complexity index is 640. The highest BCUT2D eigenvalue weighted by Gasteiger charge is 2.38. The van der Waals surface area contributed by atoms with Gasteiger partial charge in [-0.25, -0.2) is 9.97 Å². The SMILES string of the molecule is CC(C)[C@@H]1CN(c2cc(C3CC3)ncn2)C[C@H]1NC(=O)C1CCOCC1. The van der Waals surface area contributed by atoms with E-state index in [2.05, 4.69) is 40.1 Å². The van der Waals surface area contributed by atoms with E-state index >= 15 is 0 Å². The van der Waals surface area contributed by atoms with Crippen LogP contribution in [0.25, 0.3) is 0 Å². The van der Waals surface area contributed by atoms with Crippen LogP contribution in [-0.4, -0.2) is 48.2 Å². The van der Waals surface area contributed by atoms with Crippen molar-refractivity contribution in [1.29, 1.82) is 0 Å². The van der Waals surface area contributed by atoms with Crippen LogP contribution in [0, 0.1) is 17.8 Å². The molecule has 142 valence electrons. The monoisotopic (exact) mass is 358 g/mol. The minimum absolute atomic E-state index is 0.103. The third-order valence-corrected chi connectivity index (χ3v) is 6.13. The average Bonchev–Trinajstić information content (AvgIpc) is 3.43. The zero-order chi connectivity index (χ0) is 18.1. The molecule has 2 saturated heterocycles. The molecule has 1 amide bonds. The van der Waals surface area contributed by atoms with Crippen LogP contribution in [-0.2, 0) is 9.53 Å². The summed E-state index contributed by atoms with van der Waals surface area (Å²) in [4.78, 5) is 24.0. The van der Waals surface area contributed by atoms with Gasteiger partial charge < -0.3 is 15.0 Å². The molecule has 0 unspecified atom stereocenters. The third kappa shape index (κ3) is 3.85. The molecule has 2 atom stereocenters. The first kappa shape index (κ1) is 17.7. The lowest BCUT2D eigenvalue weighted by Gasteiger charge is -2.27. The van der Waals surface area contributed by atoms with Gasteiger partial charge in [0.2, 0.25) is 5.91 Å². The van der Waals surface area contributed by atoms with Crippen molar-refractivity contribution in [1.82, 2.24) is 15.3 Å². The number of hydrogen-bond acceptors (Lipinski definition) is 5. The second-order valence-corrected chi connectivity index (χ2v) is 8.39. The molecular formula is C20H30N4O2. The molecule has 0 radical (unpaired) electrons. The number of amides is 1. The Hall–Kier alpha value is -1.69. The maximum absolute atomic E-state index is 12.7. The molecule has 6 heteroatoms. The molecule has 26 heavy (non-hydrogen) atoms. The predicted molar refractivity (Wildman–Crippen MR) is 100 cm³/mol. The fourth-order valence-corrected chi connectivity index (χ4v) is 4.24. The highest BCUT2D eigenvalue weighted by atomic mass is 16.5. The van der Waals surface area contributed by atoms with Crippen LogP contribution in [0.1, 0.15) is 51.1 Å². The van der Waals surface area contributed by atoms with E-state index < -0.39 is 0 Å². The Labute approximate surface area is 155 Å². The smallest absolute Gasteiger partial charge is 0.223 e. The van der Waals surface area contributed by atoms with Crippen LogP contribution in [0.5, 0.6) is 0 Å². The van der Waals surface area contributed by atoms with Crippen molar-refractivity contribution in [2.45, 2.75) is 51.5 Å². The standard InChI is InChI=1S/C20H30N4O2/c1-13(2)16-10-24(19-9-17(14-3-4-14)21-12-22-19)11-18(16)23-20(25)15-5-7-26-8-6-15/h9,12-16,18H,3-8,10-11H2,1-2H3,(H,23,25)/t16-,18+/m0/s1. The number of aromatic nitrogens is 2. The highest BCUT2D eigenvalue weighted by Crippen LogP contribution is 2.40. The molecule has 1 aromatic rings. The van der Waals surface area contributed by atoms with Gasteiger partial charge in [-0.1, -0.05) is 13.8 Å². The molecule has 1 aromatic heterocycles. The molecular weight excluding hydrogens is 328 g/mol. The summed E-state index contributed by atoms with van der Waals surface area (Å²) in [7, 11) is 0. The molecule has 0 bridgehead atoms. The van der Waals surface area contributed by atoms with E-state index in [0.717, 1.165) is 31.7 Å². The van der Waals surface area contributed by atoms with Crippen molar-refractivity contribution in [2.24, 2.45) is 17.8 Å². The number of carbonyl (C=O) groups is 1. The first-order chi connectivity index (χ1) is 12.6. The number of ether oxygens (including phenoxy) is 1. The van der Waals surface area contributed by atoms with Crippen LogP contribution in [0.3, 0.4) is 0 Å². The number of nitrogens with zero attached hydrogens (tertiary/aromatic N) is 3. The van der Waals surface area contributed by atoms with Crippen molar-refractivity contribution in [3.05, 3.63) is 18.1 Å². The van der Waals surface area contributed by atoms with Crippen molar-refractivity contribution in [3.63, 3.8) is 0 Å². The molecule has 1 N–H and O–H groups in total. The van der Waals surface area contributed by atoms with Gasteiger partial charge in [0.25, 0.3) is 0 Å². The molecule has 3 fully saturated rings. The van der Waals surface area contributed by atoms with Crippen LogP contribution < -0.4 is 10.2 Å². The Morgan fingerprint density at radius 1 is 1.19 bits per heavy atom. The number of rotatable bonds is 5.